The molecule has 7 N–H and O–H groups in total. The van der Waals surface area contributed by atoms with Crippen LogP contribution in [0.25, 0.3) is 5.76 Å². The number of ketones is 2. The number of carbonyl (C=O) groups is 3. The van der Waals surface area contributed by atoms with E-state index >= 15 is 0 Å². The molecule has 0 aliphatic heterocycles. The molecule has 0 saturated heterocycles. The van der Waals surface area contributed by atoms with Gasteiger partial charge in [0.05, 0.1) is 17.2 Å². The number of hydrogen-bond acceptors (Lipinski definition) is 9. The van der Waals surface area contributed by atoms with Crippen molar-refractivity contribution in [1.29, 1.82) is 0 Å². The number of hydrogen-bond donors (Lipinski definition) is 6. The predicted octanol–water partition coefficient (Wildman–Crippen LogP) is 2.83. The van der Waals surface area contributed by atoms with E-state index in [2.05, 4.69) is 5.32 Å². The Morgan fingerprint density at radius 2 is 1.80 bits per heavy atom. The average molecular weight is 616 g/mol. The molecule has 3 aliphatic rings. The largest absolute Gasteiger partial charge is 0.508 e. The molecule has 0 heterocycles. The van der Waals surface area contributed by atoms with Gasteiger partial charge in [-0.05, 0) is 62.5 Å². The second-order valence-corrected chi connectivity index (χ2v) is 11.8. The summed E-state index contributed by atoms with van der Waals surface area (Å²) in [5.41, 5.74) is -0.672. The van der Waals surface area contributed by atoms with Crippen molar-refractivity contribution in [2.45, 2.75) is 50.2 Å². The van der Waals surface area contributed by atoms with Crippen LogP contribution in [-0.4, -0.2) is 68.5 Å². The highest BCUT2D eigenvalue weighted by atomic mass is 19.4. The lowest BCUT2D eigenvalue weighted by atomic mass is 9.57. The molecule has 1 fully saturated rings. The number of rotatable bonds is 6. The fourth-order valence-corrected chi connectivity index (χ4v) is 7.00. The van der Waals surface area contributed by atoms with Crippen molar-refractivity contribution >= 4 is 23.2 Å². The van der Waals surface area contributed by atoms with Crippen molar-refractivity contribution in [3.8, 4) is 5.75 Å². The summed E-state index contributed by atoms with van der Waals surface area (Å²) in [5.74, 6) is -9.15. The third-order valence-electron chi connectivity index (χ3n) is 8.99. The number of Topliss-reactive ketones (excluding diaryl/α,β-unsaturated/α-hetero) is 2. The van der Waals surface area contributed by atoms with E-state index in [-0.39, 0.29) is 24.6 Å². The number of halogens is 3. The highest BCUT2D eigenvalue weighted by Gasteiger charge is 2.64. The first-order chi connectivity index (χ1) is 20.5. The Kier molecular flexibility index (Phi) is 7.63. The Morgan fingerprint density at radius 3 is 2.36 bits per heavy atom. The summed E-state index contributed by atoms with van der Waals surface area (Å²) in [5, 5.41) is 47.8. The third kappa shape index (κ3) is 4.66. The van der Waals surface area contributed by atoms with Gasteiger partial charge in [0, 0.05) is 24.1 Å². The number of nitrogens with one attached hydrogen (secondary N) is 1. The lowest BCUT2D eigenvalue weighted by Gasteiger charge is -2.50. The number of fused-ring (bicyclic) bond motifs is 3. The van der Waals surface area contributed by atoms with Crippen LogP contribution < -0.4 is 11.1 Å². The second kappa shape index (κ2) is 10.8. The fraction of sp³-hybridized carbons (Fsp3) is 0.387. The number of likely N-dealkylation sites (N-methyl/N-ethyl adjacent to an activating group) is 1. The van der Waals surface area contributed by atoms with E-state index in [0.717, 1.165) is 11.6 Å². The molecule has 1 amide bonds. The van der Waals surface area contributed by atoms with Crippen molar-refractivity contribution in [1.82, 2.24) is 10.2 Å². The van der Waals surface area contributed by atoms with Crippen LogP contribution in [0.15, 0.2) is 53.3 Å². The first-order valence-corrected chi connectivity index (χ1v) is 13.9. The van der Waals surface area contributed by atoms with Crippen molar-refractivity contribution in [3.05, 3.63) is 81.1 Å². The highest BCUT2D eigenvalue weighted by molar-refractivity contribution is 6.24. The third-order valence-corrected chi connectivity index (χ3v) is 8.99. The molecule has 1 saturated carbocycles. The second-order valence-electron chi connectivity index (χ2n) is 11.8. The van der Waals surface area contributed by atoms with E-state index in [9.17, 15) is 48.0 Å². The van der Waals surface area contributed by atoms with Gasteiger partial charge in [0.1, 0.15) is 22.8 Å². The Bertz CT molecular complexity index is 1630. The standard InChI is InChI=1S/C31H32F3N3O7/c1-13(14-7-5-4-6-8-14)36-12-16-11-19(38)21-17(23(16)31(32,33)34)9-15-10-18-24(37(2)3)26(40)22(29(35)43)28(42)30(18,44)27(41)20(15)25(21)39/h4-8,11,13,15,18,24,36,38-39,42,44H,9-10,12H2,1-3H3,(H2,35,43)/t13?,15-,18-,24-,30-/m0/s1. The van der Waals surface area contributed by atoms with Crippen LogP contribution in [0.5, 0.6) is 5.75 Å². The molecule has 10 nitrogen and oxygen atoms in total. The number of aliphatic hydroxyl groups excluding tert-OH is 2. The van der Waals surface area contributed by atoms with E-state index < -0.39 is 98.7 Å². The zero-order valence-electron chi connectivity index (χ0n) is 24.1. The fourth-order valence-electron chi connectivity index (χ4n) is 7.00. The van der Waals surface area contributed by atoms with Crippen LogP contribution in [0.1, 0.15) is 47.2 Å². The van der Waals surface area contributed by atoms with Crippen LogP contribution in [0, 0.1) is 11.8 Å². The quantitative estimate of drug-likeness (QED) is 0.267. The van der Waals surface area contributed by atoms with Crippen molar-refractivity contribution in [3.63, 3.8) is 0 Å². The molecule has 2 aromatic carbocycles. The summed E-state index contributed by atoms with van der Waals surface area (Å²) in [7, 11) is 2.87. The van der Waals surface area contributed by atoms with E-state index in [1.165, 1.54) is 19.0 Å². The zero-order chi connectivity index (χ0) is 32.5. The maximum atomic E-state index is 14.7. The highest BCUT2D eigenvalue weighted by Crippen LogP contribution is 2.54. The molecule has 2 aromatic rings. The lowest BCUT2D eigenvalue weighted by molar-refractivity contribution is -0.153. The van der Waals surface area contributed by atoms with Gasteiger partial charge in [0.25, 0.3) is 5.91 Å². The number of nitrogens with two attached hydrogens (primary N) is 1. The van der Waals surface area contributed by atoms with Crippen LogP contribution in [0.4, 0.5) is 13.2 Å². The topological polar surface area (TPSA) is 173 Å². The predicted molar refractivity (Wildman–Crippen MR) is 151 cm³/mol. The van der Waals surface area contributed by atoms with Crippen molar-refractivity contribution < 1.29 is 48.0 Å². The van der Waals surface area contributed by atoms with Gasteiger partial charge in [0.15, 0.2) is 11.4 Å². The van der Waals surface area contributed by atoms with Crippen LogP contribution in [0.3, 0.4) is 0 Å². The molecular weight excluding hydrogens is 583 g/mol. The molecule has 44 heavy (non-hydrogen) atoms. The van der Waals surface area contributed by atoms with Gasteiger partial charge in [-0.3, -0.25) is 19.3 Å². The van der Waals surface area contributed by atoms with E-state index in [1.54, 1.807) is 19.1 Å². The minimum atomic E-state index is -4.92. The van der Waals surface area contributed by atoms with Crippen molar-refractivity contribution in [2.75, 3.05) is 14.1 Å². The van der Waals surface area contributed by atoms with Crippen LogP contribution >= 0.6 is 0 Å². The monoisotopic (exact) mass is 615 g/mol. The average Bonchev–Trinajstić information content (AvgIpc) is 2.92. The van der Waals surface area contributed by atoms with Gasteiger partial charge >= 0.3 is 6.18 Å². The van der Waals surface area contributed by atoms with Crippen LogP contribution in [0.2, 0.25) is 0 Å². The molecule has 13 heteroatoms. The Morgan fingerprint density at radius 1 is 1.16 bits per heavy atom. The zero-order valence-corrected chi connectivity index (χ0v) is 24.1. The maximum absolute atomic E-state index is 14.7. The molecular formula is C31H32F3N3O7. The minimum Gasteiger partial charge on any atom is -0.508 e. The molecule has 0 aromatic heterocycles. The van der Waals surface area contributed by atoms with E-state index in [4.69, 9.17) is 5.73 Å². The first kappa shape index (κ1) is 31.2. The molecule has 0 bridgehead atoms. The summed E-state index contributed by atoms with van der Waals surface area (Å²) in [6.45, 7) is 1.48. The summed E-state index contributed by atoms with van der Waals surface area (Å²) < 4.78 is 44.1. The van der Waals surface area contributed by atoms with E-state index in [0.29, 0.717) is 0 Å². The summed E-state index contributed by atoms with van der Waals surface area (Å²) in [4.78, 5) is 40.5. The number of amides is 1. The first-order valence-electron chi connectivity index (χ1n) is 13.9. The van der Waals surface area contributed by atoms with E-state index in [1.807, 2.05) is 18.2 Å². The van der Waals surface area contributed by atoms with Gasteiger partial charge < -0.3 is 31.5 Å². The minimum absolute atomic E-state index is 0.280. The Balaban J connectivity index is 1.65. The molecule has 3 aliphatic carbocycles. The summed E-state index contributed by atoms with van der Waals surface area (Å²) >= 11 is 0. The maximum Gasteiger partial charge on any atom is 0.417 e. The van der Waals surface area contributed by atoms with Crippen LogP contribution in [-0.2, 0) is 33.5 Å². The number of benzene rings is 2. The normalized spacial score (nSPS) is 26.0. The molecule has 5 rings (SSSR count). The van der Waals surface area contributed by atoms with Crippen molar-refractivity contribution in [2.24, 2.45) is 17.6 Å². The number of alkyl halides is 3. The molecule has 234 valence electrons. The smallest absolute Gasteiger partial charge is 0.417 e. The SMILES string of the molecule is CC(NCc1cc(O)c2c(c1C(F)(F)F)C[C@H]1C[C@H]3[C@H](N(C)C)C(=O)C(C(N)=O)=C(O)[C@@]3(O)C(=O)C1=C2O)c1ccccc1. The lowest BCUT2D eigenvalue weighted by Crippen LogP contribution is -2.65. The number of nitrogens with zero attached hydrogens (tertiary/aromatic N) is 1. The molecule has 1 unspecified atom stereocenters. The number of aliphatic hydroxyl groups is 3. The Labute approximate surface area is 250 Å². The summed E-state index contributed by atoms with van der Waals surface area (Å²) in [6.07, 6.45) is -5.72. The number of aromatic hydroxyl groups is 1. The number of carbonyl (C=O) groups excluding carboxylic acids is 3. The molecule has 5 atom stereocenters. The van der Waals surface area contributed by atoms with Gasteiger partial charge in [-0.1, -0.05) is 30.3 Å². The molecule has 0 radical (unpaired) electrons. The van der Waals surface area contributed by atoms with Gasteiger partial charge in [-0.25, -0.2) is 0 Å². The van der Waals surface area contributed by atoms with Gasteiger partial charge in [-0.2, -0.15) is 13.2 Å². The number of phenols is 1. The number of phenolic OH excluding ortho intramolecular Hbond substituents is 1. The Hall–Kier alpha value is -4.20. The van der Waals surface area contributed by atoms with Gasteiger partial charge in [0.2, 0.25) is 5.78 Å². The number of primary amides is 1. The summed E-state index contributed by atoms with van der Waals surface area (Å²) in [6, 6.07) is 8.21. The van der Waals surface area contributed by atoms with Gasteiger partial charge in [-0.15, -0.1) is 0 Å². The molecule has 0 spiro atoms.